The average Bonchev–Trinajstić information content (AvgIpc) is 2.93. The first-order valence-electron chi connectivity index (χ1n) is 8.72. The Kier molecular flexibility index (Phi) is 4.47. The first kappa shape index (κ1) is 17.1. The molecular weight excluding hydrogens is 350 g/mol. The van der Waals surface area contributed by atoms with Crippen molar-refractivity contribution in [2.75, 3.05) is 13.3 Å². The zero-order chi connectivity index (χ0) is 18.3. The van der Waals surface area contributed by atoms with E-state index in [1.54, 1.807) is 18.2 Å². The molecule has 0 saturated carbocycles. The standard InChI is InChI=1S/C21H20ClNO3/c1-13(2)10-23-11-16-18(25-12-23)8-7-15-20(24)19(26-21(15)16)9-14-5-3-4-6-17(14)22/h3-9,13H,10-12H2,1-2H3/b19-9-. The molecule has 2 aliphatic heterocycles. The number of allylic oxidation sites excluding steroid dienone is 1. The Morgan fingerprint density at radius 1 is 1.23 bits per heavy atom. The molecular formula is C21H20ClNO3. The zero-order valence-corrected chi connectivity index (χ0v) is 15.5. The number of ether oxygens (including phenoxy) is 2. The van der Waals surface area contributed by atoms with Gasteiger partial charge >= 0.3 is 0 Å². The fraction of sp³-hybridized carbons (Fsp3) is 0.286. The molecule has 0 unspecified atom stereocenters. The van der Waals surface area contributed by atoms with Crippen LogP contribution in [0.1, 0.15) is 35.3 Å². The number of fused-ring (bicyclic) bond motifs is 3. The van der Waals surface area contributed by atoms with Crippen LogP contribution in [0.5, 0.6) is 11.5 Å². The first-order chi connectivity index (χ1) is 12.5. The lowest BCUT2D eigenvalue weighted by molar-refractivity contribution is 0.0832. The average molecular weight is 370 g/mol. The molecule has 2 aromatic carbocycles. The third-order valence-corrected chi connectivity index (χ3v) is 4.84. The smallest absolute Gasteiger partial charge is 0.231 e. The number of hydrogen-bond acceptors (Lipinski definition) is 4. The van der Waals surface area contributed by atoms with Crippen LogP contribution in [0.3, 0.4) is 0 Å². The number of carbonyl (C=O) groups is 1. The van der Waals surface area contributed by atoms with Crippen LogP contribution >= 0.6 is 11.6 Å². The second-order valence-corrected chi connectivity index (χ2v) is 7.47. The van der Waals surface area contributed by atoms with Gasteiger partial charge in [0.05, 0.1) is 11.1 Å². The minimum absolute atomic E-state index is 0.122. The van der Waals surface area contributed by atoms with E-state index >= 15 is 0 Å². The second kappa shape index (κ2) is 6.78. The van der Waals surface area contributed by atoms with Crippen molar-refractivity contribution >= 4 is 23.5 Å². The molecule has 4 rings (SSSR count). The van der Waals surface area contributed by atoms with Crippen molar-refractivity contribution in [3.05, 3.63) is 63.9 Å². The van der Waals surface area contributed by atoms with Crippen molar-refractivity contribution in [2.24, 2.45) is 5.92 Å². The van der Waals surface area contributed by atoms with Gasteiger partial charge in [-0.3, -0.25) is 9.69 Å². The lowest BCUT2D eigenvalue weighted by Gasteiger charge is -2.30. The van der Waals surface area contributed by atoms with Crippen LogP contribution in [0.25, 0.3) is 6.08 Å². The van der Waals surface area contributed by atoms with Gasteiger partial charge < -0.3 is 9.47 Å². The molecule has 0 amide bonds. The fourth-order valence-corrected chi connectivity index (χ4v) is 3.56. The summed E-state index contributed by atoms with van der Waals surface area (Å²) in [5, 5.41) is 0.584. The van der Waals surface area contributed by atoms with Gasteiger partial charge in [-0.05, 0) is 35.8 Å². The molecule has 2 aliphatic rings. The van der Waals surface area contributed by atoms with E-state index in [2.05, 4.69) is 18.7 Å². The molecule has 0 aliphatic carbocycles. The first-order valence-corrected chi connectivity index (χ1v) is 9.10. The number of ketones is 1. The molecule has 2 heterocycles. The van der Waals surface area contributed by atoms with E-state index in [0.717, 1.165) is 23.4 Å². The fourth-order valence-electron chi connectivity index (χ4n) is 3.37. The van der Waals surface area contributed by atoms with Crippen LogP contribution in [0.2, 0.25) is 5.02 Å². The monoisotopic (exact) mass is 369 g/mol. The van der Waals surface area contributed by atoms with Crippen molar-refractivity contribution in [3.63, 3.8) is 0 Å². The van der Waals surface area contributed by atoms with Crippen LogP contribution in [0.4, 0.5) is 0 Å². The summed E-state index contributed by atoms with van der Waals surface area (Å²) in [6.45, 7) is 6.55. The summed E-state index contributed by atoms with van der Waals surface area (Å²) >= 11 is 6.21. The van der Waals surface area contributed by atoms with Gasteiger partial charge in [-0.1, -0.05) is 43.6 Å². The normalized spacial score (nSPS) is 17.8. The van der Waals surface area contributed by atoms with Crippen molar-refractivity contribution in [2.45, 2.75) is 20.4 Å². The molecule has 0 aromatic heterocycles. The Balaban J connectivity index is 1.68. The molecule has 26 heavy (non-hydrogen) atoms. The molecule has 4 nitrogen and oxygen atoms in total. The Hall–Kier alpha value is -2.30. The topological polar surface area (TPSA) is 38.8 Å². The van der Waals surface area contributed by atoms with Crippen molar-refractivity contribution in [3.8, 4) is 11.5 Å². The lowest BCUT2D eigenvalue weighted by Crippen LogP contribution is -2.34. The highest BCUT2D eigenvalue weighted by Gasteiger charge is 2.33. The van der Waals surface area contributed by atoms with Gasteiger partial charge in [-0.15, -0.1) is 0 Å². The molecule has 5 heteroatoms. The highest BCUT2D eigenvalue weighted by atomic mass is 35.5. The maximum atomic E-state index is 12.8. The molecule has 2 aromatic rings. The minimum atomic E-state index is -0.122. The summed E-state index contributed by atoms with van der Waals surface area (Å²) in [5.41, 5.74) is 2.28. The van der Waals surface area contributed by atoms with Crippen LogP contribution in [0, 0.1) is 5.92 Å². The molecule has 0 spiro atoms. The molecule has 134 valence electrons. The van der Waals surface area contributed by atoms with Gasteiger partial charge in [-0.2, -0.15) is 0 Å². The number of Topliss-reactive ketones (excluding diaryl/α,β-unsaturated/α-hetero) is 1. The number of hydrogen-bond donors (Lipinski definition) is 0. The van der Waals surface area contributed by atoms with Crippen molar-refractivity contribution in [1.82, 2.24) is 4.90 Å². The van der Waals surface area contributed by atoms with Gasteiger partial charge in [0, 0.05) is 18.1 Å². The van der Waals surface area contributed by atoms with Gasteiger partial charge in [0.15, 0.2) is 5.76 Å². The van der Waals surface area contributed by atoms with E-state index in [1.807, 2.05) is 24.3 Å². The summed E-state index contributed by atoms with van der Waals surface area (Å²) in [7, 11) is 0. The van der Waals surface area contributed by atoms with Crippen molar-refractivity contribution in [1.29, 1.82) is 0 Å². The number of nitrogens with zero attached hydrogens (tertiary/aromatic N) is 1. The summed E-state index contributed by atoms with van der Waals surface area (Å²) < 4.78 is 11.8. The molecule has 0 fully saturated rings. The Morgan fingerprint density at radius 2 is 2.04 bits per heavy atom. The third-order valence-electron chi connectivity index (χ3n) is 4.50. The largest absolute Gasteiger partial charge is 0.478 e. The van der Waals surface area contributed by atoms with Crippen LogP contribution < -0.4 is 9.47 Å². The predicted molar refractivity (Wildman–Crippen MR) is 102 cm³/mol. The minimum Gasteiger partial charge on any atom is -0.478 e. The molecule has 0 radical (unpaired) electrons. The summed E-state index contributed by atoms with van der Waals surface area (Å²) in [4.78, 5) is 15.0. The number of halogens is 1. The lowest BCUT2D eigenvalue weighted by atomic mass is 10.0. The van der Waals surface area contributed by atoms with E-state index in [1.165, 1.54) is 0 Å². The van der Waals surface area contributed by atoms with Crippen LogP contribution in [-0.2, 0) is 6.54 Å². The second-order valence-electron chi connectivity index (χ2n) is 7.06. The van der Waals surface area contributed by atoms with Gasteiger partial charge in [0.1, 0.15) is 18.2 Å². The Labute approximate surface area is 158 Å². The zero-order valence-electron chi connectivity index (χ0n) is 14.8. The summed E-state index contributed by atoms with van der Waals surface area (Å²) in [5.74, 6) is 2.11. The molecule has 0 atom stereocenters. The third kappa shape index (κ3) is 3.11. The Bertz CT molecular complexity index is 904. The highest BCUT2D eigenvalue weighted by Crippen LogP contribution is 2.42. The van der Waals surface area contributed by atoms with Gasteiger partial charge in [0.25, 0.3) is 0 Å². The summed E-state index contributed by atoms with van der Waals surface area (Å²) in [6.07, 6.45) is 1.70. The van der Waals surface area contributed by atoms with E-state index in [9.17, 15) is 4.79 Å². The number of benzene rings is 2. The maximum Gasteiger partial charge on any atom is 0.231 e. The molecule has 0 saturated heterocycles. The number of carbonyl (C=O) groups excluding carboxylic acids is 1. The van der Waals surface area contributed by atoms with E-state index in [-0.39, 0.29) is 5.78 Å². The quantitative estimate of drug-likeness (QED) is 0.731. The van der Waals surface area contributed by atoms with Gasteiger partial charge in [0.2, 0.25) is 5.78 Å². The van der Waals surface area contributed by atoms with Crippen LogP contribution in [0.15, 0.2) is 42.2 Å². The number of rotatable bonds is 3. The van der Waals surface area contributed by atoms with E-state index in [4.69, 9.17) is 21.1 Å². The molecule has 0 N–H and O–H groups in total. The van der Waals surface area contributed by atoms with E-state index in [0.29, 0.717) is 41.3 Å². The van der Waals surface area contributed by atoms with Crippen LogP contribution in [-0.4, -0.2) is 24.0 Å². The maximum absolute atomic E-state index is 12.8. The van der Waals surface area contributed by atoms with Crippen molar-refractivity contribution < 1.29 is 14.3 Å². The van der Waals surface area contributed by atoms with E-state index < -0.39 is 0 Å². The Morgan fingerprint density at radius 3 is 2.81 bits per heavy atom. The molecule has 0 bridgehead atoms. The SMILES string of the molecule is CC(C)CN1COc2ccc3c(c2C1)O/C(=C\c1ccccc1Cl)C3=O. The highest BCUT2D eigenvalue weighted by molar-refractivity contribution is 6.32. The summed E-state index contributed by atoms with van der Waals surface area (Å²) in [6, 6.07) is 11.0. The van der Waals surface area contributed by atoms with Gasteiger partial charge in [-0.25, -0.2) is 0 Å². The predicted octanol–water partition coefficient (Wildman–Crippen LogP) is 4.76.